The standard InChI is InChI=1S/C20H10N3O.C19H13FNO.C18H5F7NO.C18H10F2NO.C6H5NO2.3C5H8O2.4Ir/c1-22-19-16(17-9-5-6-12-23-17)11-10-15(13-21)18(19)20(24)14-7-3-2-4-8-14;1-13-5-7-14(8-6-13)19(22)16-12-15(9-10-17(16)20)18-4-2-3-11-21-18;19-8-5-4-7(9-3-1-2-6-26-9)12(20)10(8)18(27)11-13(21)15(23)17(25)16(24)14(11)22;19-14-7-4-12(5-8-14)18(22)15-11-13(6-9-16(15)20)17-3-1-2-10-21-17;8-6(9)5-3-1-2-4-7-5;3*1-4(6)3-5(2)7;;;;/h2-10,12H;2-8,10-12H,1H3;1-3,5-6H;1-5,7-11H;1-4H,(H,8,9);3*3,6H,1-2H3;;;;/q4*-1;;;;;;;;. The van der Waals surface area contributed by atoms with Crippen LogP contribution in [0.1, 0.15) is 127 Å². The average Bonchev–Trinajstić information content (AvgIpc) is 0.751. The molecule has 4 N–H and O–H groups in total. The smallest absolute Gasteiger partial charge is 0.354 e. The van der Waals surface area contributed by atoms with Gasteiger partial charge < -0.3 is 40.4 Å². The number of aliphatic hydroxyl groups is 3. The molecular formula is C96H67F10Ir4N7O12-4. The van der Waals surface area contributed by atoms with E-state index in [9.17, 15) is 87.5 Å². The zero-order chi connectivity index (χ0) is 92.1. The predicted octanol–water partition coefficient (Wildman–Crippen LogP) is 21.1. The molecule has 13 rings (SSSR count). The number of carbonyl (C=O) groups is 8. The molecule has 0 fully saturated rings. The molecule has 5 heterocycles. The first-order chi connectivity index (χ1) is 59.5. The minimum Gasteiger partial charge on any atom is -0.512 e. The predicted molar refractivity (Wildman–Crippen MR) is 441 cm³/mol. The van der Waals surface area contributed by atoms with Crippen molar-refractivity contribution in [2.75, 3.05) is 0 Å². The molecule has 0 saturated heterocycles. The summed E-state index contributed by atoms with van der Waals surface area (Å²) in [6.07, 6.45) is 11.1. The monoisotopic (exact) mass is 2470 g/mol. The van der Waals surface area contributed by atoms with Gasteiger partial charge in [0.1, 0.15) is 18.1 Å². The maximum Gasteiger partial charge on any atom is 0.354 e. The Morgan fingerprint density at radius 1 is 0.380 bits per heavy atom. The van der Waals surface area contributed by atoms with Gasteiger partial charge in [-0.3, -0.25) is 51.1 Å². The number of hydrogen-bond acceptors (Lipinski definition) is 17. The summed E-state index contributed by atoms with van der Waals surface area (Å²) in [4.78, 5) is 114. The fourth-order valence-electron chi connectivity index (χ4n) is 10.4. The van der Waals surface area contributed by atoms with Crippen molar-refractivity contribution < 1.29 is 183 Å². The molecule has 8 aromatic carbocycles. The molecule has 0 aliphatic rings. The van der Waals surface area contributed by atoms with Crippen LogP contribution in [0.5, 0.6) is 0 Å². The Hall–Kier alpha value is -13.8. The Kier molecular flexibility index (Phi) is 47.9. The summed E-state index contributed by atoms with van der Waals surface area (Å²) in [6, 6.07) is 65.4. The molecule has 668 valence electrons. The van der Waals surface area contributed by atoms with Crippen LogP contribution in [0.25, 0.3) is 49.9 Å². The largest absolute Gasteiger partial charge is 0.512 e. The zero-order valence-corrected chi connectivity index (χ0v) is 77.6. The van der Waals surface area contributed by atoms with E-state index in [4.69, 9.17) is 27.0 Å². The molecule has 0 aliphatic heterocycles. The number of hydrogen-bond donors (Lipinski definition) is 4. The van der Waals surface area contributed by atoms with Crippen molar-refractivity contribution in [3.63, 3.8) is 0 Å². The number of carboxylic acid groups (broad SMARTS) is 1. The maximum atomic E-state index is 14.7. The average molecular weight is 2470 g/mol. The summed E-state index contributed by atoms with van der Waals surface area (Å²) < 4.78 is 137. The Balaban J connectivity index is 0.000000521. The van der Waals surface area contributed by atoms with Crippen LogP contribution in [0.2, 0.25) is 0 Å². The number of aliphatic hydroxyl groups excluding tert-OH is 3. The molecule has 0 bridgehead atoms. The third-order valence-electron chi connectivity index (χ3n) is 15.8. The number of ketones is 7. The van der Waals surface area contributed by atoms with Crippen molar-refractivity contribution in [1.82, 2.24) is 24.9 Å². The number of rotatable bonds is 16. The topological polar surface area (TPSA) is 310 Å². The minimum atomic E-state index is -2.50. The van der Waals surface area contributed by atoms with E-state index in [1.807, 2.05) is 31.2 Å². The SMILES string of the molecule is CC(=O)C=C(C)O.CC(=O)C=C(C)O.CC(=O)C=C(C)O.Cc1ccc(C(=O)c2cc(-c3ccccn3)[c-]cc2F)cc1.O=C(O)c1ccccn1.O=C(c1c(F)c[c-]c(-c2ccccn2)c1F)c1c(F)c(F)c(F)c(F)c1F.O=C(c1ccc(F)cc1)c1cc(-c2ccccn2)[c-]cc1F.[C-]#[N+]c1c(-c2ccccn2)[c-]cc(C#N)c1C(=O)c1ccccc1.[Ir].[Ir].[Ir].[Ir]. The summed E-state index contributed by atoms with van der Waals surface area (Å²) in [5.74, 6) is -21.7. The second-order valence-electron chi connectivity index (χ2n) is 25.5. The van der Waals surface area contributed by atoms with Crippen LogP contribution in [0.3, 0.4) is 0 Å². The number of nitriles is 1. The second kappa shape index (κ2) is 55.6. The number of nitrogens with zero attached hydrogens (tertiary/aromatic N) is 7. The van der Waals surface area contributed by atoms with E-state index in [2.05, 4.69) is 54.0 Å². The molecule has 0 aliphatic carbocycles. The van der Waals surface area contributed by atoms with Gasteiger partial charge in [-0.15, -0.1) is 71.8 Å². The Labute approximate surface area is 787 Å². The van der Waals surface area contributed by atoms with Gasteiger partial charge in [0.2, 0.25) is 11.5 Å². The third kappa shape index (κ3) is 33.8. The molecule has 19 nitrogen and oxygen atoms in total. The number of carboxylic acids is 1. The normalized spacial score (nSPS) is 10.1. The van der Waals surface area contributed by atoms with Gasteiger partial charge in [0.15, 0.2) is 63.8 Å². The first-order valence-electron chi connectivity index (χ1n) is 36.2. The van der Waals surface area contributed by atoms with Gasteiger partial charge in [-0.1, -0.05) is 120 Å². The van der Waals surface area contributed by atoms with Crippen LogP contribution in [-0.4, -0.2) is 91.8 Å². The number of benzene rings is 8. The summed E-state index contributed by atoms with van der Waals surface area (Å²) >= 11 is 0. The molecular weight excluding hydrogens is 2400 g/mol. The summed E-state index contributed by atoms with van der Waals surface area (Å²) in [5.41, 5.74) is 1.73. The van der Waals surface area contributed by atoms with Crippen LogP contribution in [0, 0.1) is 107 Å². The van der Waals surface area contributed by atoms with Crippen molar-refractivity contribution >= 4 is 52.1 Å². The molecule has 0 atom stereocenters. The third-order valence-corrected chi connectivity index (χ3v) is 15.8. The number of carbonyl (C=O) groups excluding carboxylic acids is 7. The molecule has 4 radical (unpaired) electrons. The number of pyridine rings is 5. The van der Waals surface area contributed by atoms with Crippen LogP contribution in [-0.2, 0) is 94.8 Å². The van der Waals surface area contributed by atoms with Crippen molar-refractivity contribution in [3.8, 4) is 51.1 Å². The number of allylic oxidation sites excluding steroid dienone is 6. The van der Waals surface area contributed by atoms with Crippen LogP contribution in [0.4, 0.5) is 49.6 Å². The fraction of sp³-hybridized carbons (Fsp3) is 0.0729. The van der Waals surface area contributed by atoms with Crippen LogP contribution in [0.15, 0.2) is 273 Å². The van der Waals surface area contributed by atoms with E-state index in [0.29, 0.717) is 51.0 Å². The van der Waals surface area contributed by atoms with Crippen LogP contribution >= 0.6 is 0 Å². The van der Waals surface area contributed by atoms with Crippen molar-refractivity contribution in [2.45, 2.75) is 48.5 Å². The van der Waals surface area contributed by atoms with Gasteiger partial charge >= 0.3 is 5.97 Å². The minimum absolute atomic E-state index is 0. The van der Waals surface area contributed by atoms with Crippen molar-refractivity contribution in [3.05, 3.63) is 428 Å². The van der Waals surface area contributed by atoms with Crippen molar-refractivity contribution in [2.24, 2.45) is 0 Å². The van der Waals surface area contributed by atoms with Gasteiger partial charge in [-0.25, -0.2) is 41.4 Å². The van der Waals surface area contributed by atoms with Gasteiger partial charge in [0, 0.05) is 175 Å². The molecule has 0 amide bonds. The van der Waals surface area contributed by atoms with Crippen LogP contribution < -0.4 is 0 Å². The Bertz CT molecular complexity index is 6000. The van der Waals surface area contributed by atoms with E-state index < -0.39 is 92.4 Å². The quantitative estimate of drug-likeness (QED) is 0.0133. The van der Waals surface area contributed by atoms with Gasteiger partial charge in [-0.2, -0.15) is 4.85 Å². The maximum absolute atomic E-state index is 14.7. The Morgan fingerprint density at radius 2 is 0.736 bits per heavy atom. The van der Waals surface area contributed by atoms with E-state index in [0.717, 1.165) is 11.6 Å². The molecule has 0 unspecified atom stereocenters. The van der Waals surface area contributed by atoms with E-state index in [-0.39, 0.29) is 172 Å². The molecule has 33 heteroatoms. The number of halogens is 10. The number of aromatic nitrogens is 5. The van der Waals surface area contributed by atoms with Gasteiger partial charge in [0.25, 0.3) is 0 Å². The molecule has 0 saturated carbocycles. The Morgan fingerprint density at radius 3 is 1.09 bits per heavy atom. The first-order valence-corrected chi connectivity index (χ1v) is 36.2. The summed E-state index contributed by atoms with van der Waals surface area (Å²) in [7, 11) is 0. The zero-order valence-electron chi connectivity index (χ0n) is 68.0. The van der Waals surface area contributed by atoms with E-state index in [1.165, 1.54) is 145 Å². The van der Waals surface area contributed by atoms with Crippen molar-refractivity contribution in [1.29, 1.82) is 5.26 Å². The second-order valence-corrected chi connectivity index (χ2v) is 25.5. The molecule has 0 spiro atoms. The summed E-state index contributed by atoms with van der Waals surface area (Å²) in [5, 5.41) is 42.8. The fourth-order valence-corrected chi connectivity index (χ4v) is 10.4. The molecule has 5 aromatic heterocycles. The summed E-state index contributed by atoms with van der Waals surface area (Å²) in [6.45, 7) is 18.0. The molecule has 13 aromatic rings. The van der Waals surface area contributed by atoms with Gasteiger partial charge in [-0.05, 0) is 154 Å². The van der Waals surface area contributed by atoms with E-state index in [1.54, 1.807) is 122 Å². The van der Waals surface area contributed by atoms with E-state index >= 15 is 0 Å². The first kappa shape index (κ1) is 111. The number of aryl methyl sites for hydroxylation is 1. The van der Waals surface area contributed by atoms with Gasteiger partial charge in [0.05, 0.1) is 34.5 Å². The molecule has 129 heavy (non-hydrogen) atoms. The number of aromatic carboxylic acids is 1.